The monoisotopic (exact) mass is 435 g/mol. The summed E-state index contributed by atoms with van der Waals surface area (Å²) in [6.45, 7) is 4.88. The average Bonchev–Trinajstić information content (AvgIpc) is 2.69. The normalized spacial score (nSPS) is 16.9. The van der Waals surface area contributed by atoms with Crippen molar-refractivity contribution in [3.05, 3.63) is 48.0 Å². The summed E-state index contributed by atoms with van der Waals surface area (Å²) in [7, 11) is -3.61. The minimum absolute atomic E-state index is 0.219. The number of hydrogen-bond acceptors (Lipinski definition) is 6. The average molecular weight is 436 g/mol. The first-order valence-electron chi connectivity index (χ1n) is 9.72. The van der Waals surface area contributed by atoms with E-state index in [1.54, 1.807) is 23.9 Å². The molecule has 2 aliphatic rings. The van der Waals surface area contributed by atoms with Crippen LogP contribution in [0.5, 0.6) is 5.75 Å². The van der Waals surface area contributed by atoms with Crippen LogP contribution in [0, 0.1) is 6.92 Å². The zero-order valence-corrected chi connectivity index (χ0v) is 18.0. The molecule has 2 heterocycles. The highest BCUT2D eigenvalue weighted by Crippen LogP contribution is 2.40. The lowest BCUT2D eigenvalue weighted by Crippen LogP contribution is -2.36. The van der Waals surface area contributed by atoms with E-state index in [9.17, 15) is 8.42 Å². The summed E-state index contributed by atoms with van der Waals surface area (Å²) in [6, 6.07) is 12.6. The van der Waals surface area contributed by atoms with Crippen molar-refractivity contribution >= 4 is 27.5 Å². The Kier molecular flexibility index (Phi) is 6.34. The van der Waals surface area contributed by atoms with Crippen molar-refractivity contribution in [2.24, 2.45) is 0 Å². The van der Waals surface area contributed by atoms with Gasteiger partial charge in [0.05, 0.1) is 37.0 Å². The van der Waals surface area contributed by atoms with Crippen LogP contribution in [0.2, 0.25) is 0 Å². The topological polar surface area (TPSA) is 65.1 Å². The maximum Gasteiger partial charge on any atom is 0.264 e. The number of nitrogens with zero attached hydrogens (tertiary/aromatic N) is 1. The molecule has 0 saturated carbocycles. The van der Waals surface area contributed by atoms with E-state index in [0.29, 0.717) is 49.3 Å². The molecular weight excluding hydrogens is 410 g/mol. The Labute approximate surface area is 176 Å². The van der Waals surface area contributed by atoms with E-state index < -0.39 is 10.0 Å². The van der Waals surface area contributed by atoms with Gasteiger partial charge >= 0.3 is 0 Å². The predicted octanol–water partition coefficient (Wildman–Crippen LogP) is 3.48. The van der Waals surface area contributed by atoms with Crippen molar-refractivity contribution in [2.45, 2.75) is 29.2 Å². The third-order valence-electron chi connectivity index (χ3n) is 4.88. The van der Waals surface area contributed by atoms with Crippen molar-refractivity contribution in [1.82, 2.24) is 0 Å². The summed E-state index contributed by atoms with van der Waals surface area (Å²) < 4.78 is 44.5. The maximum atomic E-state index is 13.2. The first kappa shape index (κ1) is 20.5. The lowest BCUT2D eigenvalue weighted by molar-refractivity contribution is -0.130. The fourth-order valence-electron chi connectivity index (χ4n) is 3.16. The highest BCUT2D eigenvalue weighted by Gasteiger charge is 2.30. The summed E-state index contributed by atoms with van der Waals surface area (Å²) in [6.07, 6.45) is 0.990. The second-order valence-corrected chi connectivity index (χ2v) is 10.1. The Balaban J connectivity index is 1.45. The second-order valence-electron chi connectivity index (χ2n) is 7.10. The van der Waals surface area contributed by atoms with Crippen LogP contribution in [-0.4, -0.2) is 53.2 Å². The van der Waals surface area contributed by atoms with Gasteiger partial charge in [-0.25, -0.2) is 8.42 Å². The number of rotatable bonds is 8. The molecule has 0 amide bonds. The largest absolute Gasteiger partial charge is 0.493 e. The molecule has 156 valence electrons. The van der Waals surface area contributed by atoms with E-state index in [-0.39, 0.29) is 6.10 Å². The minimum atomic E-state index is -3.61. The smallest absolute Gasteiger partial charge is 0.264 e. The molecule has 2 aliphatic heterocycles. The van der Waals surface area contributed by atoms with Crippen LogP contribution in [0.25, 0.3) is 0 Å². The van der Waals surface area contributed by atoms with Crippen LogP contribution < -0.4 is 9.04 Å². The highest BCUT2D eigenvalue weighted by atomic mass is 32.2. The van der Waals surface area contributed by atoms with Crippen LogP contribution in [0.1, 0.15) is 12.0 Å². The van der Waals surface area contributed by atoms with Gasteiger partial charge in [-0.1, -0.05) is 17.7 Å². The lowest BCUT2D eigenvalue weighted by atomic mass is 10.2. The van der Waals surface area contributed by atoms with E-state index in [4.69, 9.17) is 14.2 Å². The van der Waals surface area contributed by atoms with Crippen molar-refractivity contribution in [3.63, 3.8) is 0 Å². The molecule has 0 atom stereocenters. The van der Waals surface area contributed by atoms with Gasteiger partial charge in [0.1, 0.15) is 11.9 Å². The summed E-state index contributed by atoms with van der Waals surface area (Å²) in [5, 5.41) is 0. The predicted molar refractivity (Wildman–Crippen MR) is 114 cm³/mol. The number of ether oxygens (including phenoxy) is 3. The molecule has 1 fully saturated rings. The van der Waals surface area contributed by atoms with Crippen LogP contribution in [0.4, 0.5) is 5.69 Å². The summed E-state index contributed by atoms with van der Waals surface area (Å²) in [4.78, 5) is 1.26. The molecule has 4 rings (SSSR count). The Morgan fingerprint density at radius 2 is 1.93 bits per heavy atom. The first-order valence-corrected chi connectivity index (χ1v) is 12.1. The summed E-state index contributed by atoms with van der Waals surface area (Å²) >= 11 is 1.67. The number of sulfonamides is 1. The van der Waals surface area contributed by atoms with Gasteiger partial charge in [0.15, 0.2) is 0 Å². The summed E-state index contributed by atoms with van der Waals surface area (Å²) in [5.74, 6) is 1.39. The molecule has 2 aromatic carbocycles. The zero-order chi connectivity index (χ0) is 20.3. The molecular formula is C21H25NO5S2. The molecule has 2 aromatic rings. The van der Waals surface area contributed by atoms with Gasteiger partial charge in [0, 0.05) is 29.7 Å². The molecule has 29 heavy (non-hydrogen) atoms. The molecule has 8 heteroatoms. The zero-order valence-electron chi connectivity index (χ0n) is 16.4. The standard InChI is InChI=1S/C21H25NO5S2/c1-16-3-6-19(7-4-16)29(23,24)22-9-12-28-21-8-5-17(13-20(21)22)26-10-2-11-27-18-14-25-15-18/h3-8,13,18H,2,9-12,14-15H2,1H3. The Hall–Kier alpha value is -1.74. The Bertz CT molecular complexity index is 942. The van der Waals surface area contributed by atoms with Crippen LogP contribution in [0.3, 0.4) is 0 Å². The SMILES string of the molecule is Cc1ccc(S(=O)(=O)N2CCSc3ccc(OCCCOC4COC4)cc32)cc1. The van der Waals surface area contributed by atoms with Gasteiger partial charge in [-0.15, -0.1) is 11.8 Å². The molecule has 0 N–H and O–H groups in total. The van der Waals surface area contributed by atoms with Crippen LogP contribution in [0.15, 0.2) is 52.3 Å². The number of anilines is 1. The van der Waals surface area contributed by atoms with Gasteiger partial charge < -0.3 is 14.2 Å². The molecule has 0 spiro atoms. The van der Waals surface area contributed by atoms with E-state index in [1.165, 1.54) is 4.31 Å². The summed E-state index contributed by atoms with van der Waals surface area (Å²) in [5.41, 5.74) is 1.71. The van der Waals surface area contributed by atoms with Gasteiger partial charge in [0.25, 0.3) is 10.0 Å². The number of hydrogen-bond donors (Lipinski definition) is 0. The van der Waals surface area contributed by atoms with Gasteiger partial charge in [-0.05, 0) is 31.2 Å². The quantitative estimate of drug-likeness (QED) is 0.592. The van der Waals surface area contributed by atoms with Crippen LogP contribution in [-0.2, 0) is 19.5 Å². The molecule has 0 aliphatic carbocycles. The number of thioether (sulfide) groups is 1. The third-order valence-corrected chi connectivity index (χ3v) is 7.75. The van der Waals surface area contributed by atoms with E-state index in [1.807, 2.05) is 37.3 Å². The van der Waals surface area contributed by atoms with Crippen molar-refractivity contribution in [1.29, 1.82) is 0 Å². The van der Waals surface area contributed by atoms with E-state index in [2.05, 4.69) is 0 Å². The van der Waals surface area contributed by atoms with Crippen LogP contribution >= 0.6 is 11.8 Å². The molecule has 0 radical (unpaired) electrons. The second kappa shape index (κ2) is 8.95. The fraction of sp³-hybridized carbons (Fsp3) is 0.429. The first-order chi connectivity index (χ1) is 14.0. The highest BCUT2D eigenvalue weighted by molar-refractivity contribution is 8.00. The van der Waals surface area contributed by atoms with Crippen molar-refractivity contribution in [2.75, 3.05) is 43.0 Å². The number of fused-ring (bicyclic) bond motifs is 1. The fourth-order valence-corrected chi connectivity index (χ4v) is 5.78. The molecule has 0 unspecified atom stereocenters. The van der Waals surface area contributed by atoms with Crippen molar-refractivity contribution < 1.29 is 22.6 Å². The van der Waals surface area contributed by atoms with Gasteiger partial charge in [-0.2, -0.15) is 0 Å². The molecule has 0 aromatic heterocycles. The molecule has 0 bridgehead atoms. The number of benzene rings is 2. The maximum absolute atomic E-state index is 13.2. The van der Waals surface area contributed by atoms with Gasteiger partial charge in [-0.3, -0.25) is 4.31 Å². The van der Waals surface area contributed by atoms with E-state index in [0.717, 1.165) is 22.6 Å². The lowest BCUT2D eigenvalue weighted by Gasteiger charge is -2.30. The van der Waals surface area contributed by atoms with E-state index >= 15 is 0 Å². The molecule has 1 saturated heterocycles. The van der Waals surface area contributed by atoms with Gasteiger partial charge in [0.2, 0.25) is 0 Å². The third kappa shape index (κ3) is 4.71. The Morgan fingerprint density at radius 3 is 2.66 bits per heavy atom. The minimum Gasteiger partial charge on any atom is -0.493 e. The Morgan fingerprint density at radius 1 is 1.14 bits per heavy atom. The van der Waals surface area contributed by atoms with Crippen molar-refractivity contribution in [3.8, 4) is 5.75 Å². The molecule has 6 nitrogen and oxygen atoms in total. The number of aryl methyl sites for hydroxylation is 1.